The monoisotopic (exact) mass is 310 g/mol. The highest BCUT2D eigenvalue weighted by Crippen LogP contribution is 2.14. The predicted octanol–water partition coefficient (Wildman–Crippen LogP) is 1.97. The molecule has 90 valence electrons. The zero-order valence-electron chi connectivity index (χ0n) is 8.67. The van der Waals surface area contributed by atoms with Crippen LogP contribution in [0.4, 0.5) is 4.39 Å². The lowest BCUT2D eigenvalue weighted by atomic mass is 10.2. The first-order chi connectivity index (χ1) is 6.99. The predicted molar refractivity (Wildman–Crippen MR) is 66.8 cm³/mol. The molecule has 0 heterocycles. The third-order valence-corrected chi connectivity index (χ3v) is 2.26. The third-order valence-electron chi connectivity index (χ3n) is 1.80. The second-order valence-corrected chi connectivity index (χ2v) is 4.20. The molecule has 1 atom stereocenters. The van der Waals surface area contributed by atoms with Crippen LogP contribution in [0.2, 0.25) is 0 Å². The van der Waals surface area contributed by atoms with Crippen molar-refractivity contribution in [1.82, 2.24) is 5.32 Å². The van der Waals surface area contributed by atoms with E-state index in [9.17, 15) is 9.18 Å². The molecule has 6 heteroatoms. The Morgan fingerprint density at radius 1 is 1.56 bits per heavy atom. The van der Waals surface area contributed by atoms with Crippen molar-refractivity contribution in [3.05, 3.63) is 34.1 Å². The molecule has 0 aliphatic heterocycles. The Morgan fingerprint density at radius 2 is 2.19 bits per heavy atom. The van der Waals surface area contributed by atoms with Crippen LogP contribution in [0.1, 0.15) is 12.5 Å². The van der Waals surface area contributed by atoms with Gasteiger partial charge in [-0.05, 0) is 30.7 Å². The van der Waals surface area contributed by atoms with Gasteiger partial charge in [0.05, 0.1) is 6.04 Å². The van der Waals surface area contributed by atoms with Crippen molar-refractivity contribution in [3.8, 4) is 0 Å². The highest BCUT2D eigenvalue weighted by Gasteiger charge is 2.06. The molecule has 0 fully saturated rings. The van der Waals surface area contributed by atoms with E-state index in [1.165, 1.54) is 12.1 Å². The maximum absolute atomic E-state index is 12.9. The Morgan fingerprint density at radius 3 is 2.69 bits per heavy atom. The number of amides is 1. The van der Waals surface area contributed by atoms with Crippen LogP contribution < -0.4 is 11.1 Å². The van der Waals surface area contributed by atoms with Crippen molar-refractivity contribution in [2.75, 3.05) is 0 Å². The minimum absolute atomic E-state index is 0. The molecule has 0 unspecified atom stereocenters. The van der Waals surface area contributed by atoms with Crippen molar-refractivity contribution in [3.63, 3.8) is 0 Å². The summed E-state index contributed by atoms with van der Waals surface area (Å²) in [6, 6.07) is 3.91. The normalized spacial score (nSPS) is 11.5. The number of hydrogen-bond acceptors (Lipinski definition) is 2. The summed E-state index contributed by atoms with van der Waals surface area (Å²) < 4.78 is 13.6. The third kappa shape index (κ3) is 4.92. The van der Waals surface area contributed by atoms with E-state index < -0.39 is 6.04 Å². The van der Waals surface area contributed by atoms with E-state index in [2.05, 4.69) is 21.2 Å². The van der Waals surface area contributed by atoms with Gasteiger partial charge in [0.2, 0.25) is 5.91 Å². The molecule has 1 amide bonds. The highest BCUT2D eigenvalue weighted by molar-refractivity contribution is 9.10. The van der Waals surface area contributed by atoms with Crippen LogP contribution in [0.25, 0.3) is 0 Å². The van der Waals surface area contributed by atoms with Crippen molar-refractivity contribution in [2.45, 2.75) is 19.5 Å². The van der Waals surface area contributed by atoms with Gasteiger partial charge < -0.3 is 11.1 Å². The first-order valence-corrected chi connectivity index (χ1v) is 5.26. The van der Waals surface area contributed by atoms with E-state index in [-0.39, 0.29) is 30.7 Å². The molecule has 3 N–H and O–H groups in total. The Hall–Kier alpha value is -0.650. The molecule has 1 aromatic rings. The molecule has 1 aromatic carbocycles. The smallest absolute Gasteiger partial charge is 0.236 e. The van der Waals surface area contributed by atoms with Crippen LogP contribution in [0.5, 0.6) is 0 Å². The second kappa shape index (κ2) is 6.83. The molecule has 16 heavy (non-hydrogen) atoms. The van der Waals surface area contributed by atoms with Crippen LogP contribution in [-0.4, -0.2) is 11.9 Å². The van der Waals surface area contributed by atoms with E-state index in [4.69, 9.17) is 5.73 Å². The second-order valence-electron chi connectivity index (χ2n) is 3.28. The fourth-order valence-electron chi connectivity index (χ4n) is 1.06. The van der Waals surface area contributed by atoms with E-state index >= 15 is 0 Å². The topological polar surface area (TPSA) is 55.1 Å². The molecular weight excluding hydrogens is 298 g/mol. The quantitative estimate of drug-likeness (QED) is 0.897. The summed E-state index contributed by atoms with van der Waals surface area (Å²) >= 11 is 3.17. The van der Waals surface area contributed by atoms with E-state index in [1.807, 2.05) is 0 Å². The molecule has 1 rings (SSSR count). The molecule has 0 aromatic heterocycles. The first-order valence-electron chi connectivity index (χ1n) is 4.47. The van der Waals surface area contributed by atoms with Gasteiger partial charge in [-0.1, -0.05) is 15.9 Å². The lowest BCUT2D eigenvalue weighted by Crippen LogP contribution is -2.37. The lowest BCUT2D eigenvalue weighted by Gasteiger charge is -2.08. The Balaban J connectivity index is 0.00000225. The van der Waals surface area contributed by atoms with Crippen molar-refractivity contribution >= 4 is 34.2 Å². The largest absolute Gasteiger partial charge is 0.351 e. The fourth-order valence-corrected chi connectivity index (χ4v) is 1.58. The summed E-state index contributed by atoms with van der Waals surface area (Å²) in [5.74, 6) is -0.593. The van der Waals surface area contributed by atoms with Gasteiger partial charge in [0.25, 0.3) is 0 Å². The number of nitrogens with one attached hydrogen (secondary N) is 1. The molecule has 0 radical (unpaired) electrons. The molecule has 0 saturated heterocycles. The summed E-state index contributed by atoms with van der Waals surface area (Å²) in [5, 5.41) is 2.60. The summed E-state index contributed by atoms with van der Waals surface area (Å²) in [7, 11) is 0. The molecular formula is C10H13BrClFN2O. The molecule has 0 aliphatic carbocycles. The van der Waals surface area contributed by atoms with E-state index in [0.29, 0.717) is 10.0 Å². The number of benzene rings is 1. The molecule has 3 nitrogen and oxygen atoms in total. The van der Waals surface area contributed by atoms with Gasteiger partial charge >= 0.3 is 0 Å². The fraction of sp³-hybridized carbons (Fsp3) is 0.300. The van der Waals surface area contributed by atoms with Crippen LogP contribution in [0, 0.1) is 5.82 Å². The standard InChI is InChI=1S/C10H12BrFN2O.ClH/c1-6(13)10(15)14-5-7-2-8(11)4-9(12)3-7;/h2-4,6H,5,13H2,1H3,(H,14,15);1H/t6-;/m1./s1. The van der Waals surface area contributed by atoms with Crippen LogP contribution in [0.3, 0.4) is 0 Å². The van der Waals surface area contributed by atoms with Gasteiger partial charge in [-0.25, -0.2) is 4.39 Å². The number of halogens is 3. The summed E-state index contributed by atoms with van der Waals surface area (Å²) in [5.41, 5.74) is 6.06. The summed E-state index contributed by atoms with van der Waals surface area (Å²) in [6.45, 7) is 1.87. The molecule has 0 bridgehead atoms. The minimum atomic E-state index is -0.554. The zero-order valence-corrected chi connectivity index (χ0v) is 11.1. The number of carbonyl (C=O) groups is 1. The molecule has 0 saturated carbocycles. The maximum atomic E-state index is 12.9. The number of hydrogen-bond donors (Lipinski definition) is 2. The average Bonchev–Trinajstić information content (AvgIpc) is 2.12. The van der Waals surface area contributed by atoms with Crippen LogP contribution in [0.15, 0.2) is 22.7 Å². The van der Waals surface area contributed by atoms with E-state index in [1.54, 1.807) is 13.0 Å². The SMILES string of the molecule is C[C@@H](N)C(=O)NCc1cc(F)cc(Br)c1.Cl. The van der Waals surface area contributed by atoms with Gasteiger partial charge in [-0.15, -0.1) is 12.4 Å². The Kier molecular flexibility index (Phi) is 6.55. The lowest BCUT2D eigenvalue weighted by molar-refractivity contribution is -0.122. The van der Waals surface area contributed by atoms with Gasteiger partial charge in [0.1, 0.15) is 5.82 Å². The van der Waals surface area contributed by atoms with Crippen molar-refractivity contribution < 1.29 is 9.18 Å². The molecule has 0 aliphatic rings. The number of carbonyl (C=O) groups excluding carboxylic acids is 1. The Bertz CT molecular complexity index is 354. The Labute approximate surface area is 108 Å². The van der Waals surface area contributed by atoms with Gasteiger partial charge in [-0.3, -0.25) is 4.79 Å². The van der Waals surface area contributed by atoms with Gasteiger partial charge in [0, 0.05) is 11.0 Å². The van der Waals surface area contributed by atoms with E-state index in [0.717, 1.165) is 0 Å². The number of rotatable bonds is 3. The number of nitrogens with two attached hydrogens (primary N) is 1. The maximum Gasteiger partial charge on any atom is 0.236 e. The van der Waals surface area contributed by atoms with Crippen LogP contribution in [-0.2, 0) is 11.3 Å². The van der Waals surface area contributed by atoms with Crippen LogP contribution >= 0.6 is 28.3 Å². The minimum Gasteiger partial charge on any atom is -0.351 e. The molecule has 0 spiro atoms. The van der Waals surface area contributed by atoms with Crippen molar-refractivity contribution in [1.29, 1.82) is 0 Å². The van der Waals surface area contributed by atoms with Crippen molar-refractivity contribution in [2.24, 2.45) is 5.73 Å². The zero-order chi connectivity index (χ0) is 11.4. The summed E-state index contributed by atoms with van der Waals surface area (Å²) in [4.78, 5) is 11.1. The summed E-state index contributed by atoms with van der Waals surface area (Å²) in [6.07, 6.45) is 0. The van der Waals surface area contributed by atoms with Gasteiger partial charge in [-0.2, -0.15) is 0 Å². The van der Waals surface area contributed by atoms with Gasteiger partial charge in [0.15, 0.2) is 0 Å². The highest BCUT2D eigenvalue weighted by atomic mass is 79.9. The average molecular weight is 312 g/mol. The first kappa shape index (κ1) is 15.3.